The summed E-state index contributed by atoms with van der Waals surface area (Å²) in [5.74, 6) is 0.964. The normalized spacial score (nSPS) is 23.2. The zero-order valence-electron chi connectivity index (χ0n) is 19.3. The van der Waals surface area contributed by atoms with Crippen molar-refractivity contribution in [2.45, 2.75) is 89.9 Å². The van der Waals surface area contributed by atoms with Crippen molar-refractivity contribution in [1.29, 1.82) is 0 Å². The molecule has 0 bridgehead atoms. The molecule has 1 heterocycles. The van der Waals surface area contributed by atoms with Crippen LogP contribution in [0.1, 0.15) is 71.3 Å². The van der Waals surface area contributed by atoms with Gasteiger partial charge in [0.1, 0.15) is 17.5 Å². The minimum atomic E-state index is -0.567. The molecule has 1 aliphatic heterocycles. The second-order valence-corrected chi connectivity index (χ2v) is 9.95. The molecule has 6 heteroatoms. The number of esters is 1. The smallest absolute Gasteiger partial charge is 0.408 e. The van der Waals surface area contributed by atoms with Crippen LogP contribution in [0.25, 0.3) is 0 Å². The molecule has 1 aromatic rings. The van der Waals surface area contributed by atoms with Gasteiger partial charge >= 0.3 is 12.1 Å². The molecule has 1 amide bonds. The fourth-order valence-electron chi connectivity index (χ4n) is 4.67. The number of benzene rings is 1. The largest absolute Gasteiger partial charge is 0.497 e. The molecular weight excluding hydrogens is 394 g/mol. The summed E-state index contributed by atoms with van der Waals surface area (Å²) in [5.41, 5.74) is 0.509. The van der Waals surface area contributed by atoms with Crippen LogP contribution in [-0.2, 0) is 20.7 Å². The zero-order valence-corrected chi connectivity index (χ0v) is 19.3. The highest BCUT2D eigenvalue weighted by molar-refractivity contribution is 5.75. The predicted octanol–water partition coefficient (Wildman–Crippen LogP) is 5.03. The van der Waals surface area contributed by atoms with Gasteiger partial charge in [-0.05, 0) is 63.6 Å². The maximum absolute atomic E-state index is 12.6. The van der Waals surface area contributed by atoms with E-state index in [0.29, 0.717) is 18.8 Å². The second-order valence-electron chi connectivity index (χ2n) is 9.95. The van der Waals surface area contributed by atoms with E-state index < -0.39 is 11.7 Å². The Balaban J connectivity index is 1.65. The average molecular weight is 432 g/mol. The van der Waals surface area contributed by atoms with Crippen molar-refractivity contribution in [3.63, 3.8) is 0 Å². The highest BCUT2D eigenvalue weighted by Crippen LogP contribution is 2.33. The average Bonchev–Trinajstić information content (AvgIpc) is 3.08. The molecular formula is C25H37NO5. The van der Waals surface area contributed by atoms with Gasteiger partial charge in [-0.3, -0.25) is 4.79 Å². The van der Waals surface area contributed by atoms with Gasteiger partial charge in [0, 0.05) is 0 Å². The molecule has 0 unspecified atom stereocenters. The molecule has 2 aliphatic rings. The van der Waals surface area contributed by atoms with Gasteiger partial charge in [-0.1, -0.05) is 44.2 Å². The lowest BCUT2D eigenvalue weighted by molar-refractivity contribution is -0.145. The van der Waals surface area contributed by atoms with Crippen LogP contribution in [-0.4, -0.2) is 36.9 Å². The Morgan fingerprint density at radius 3 is 2.45 bits per heavy atom. The highest BCUT2D eigenvalue weighted by Gasteiger charge is 2.40. The quantitative estimate of drug-likeness (QED) is 0.613. The minimum absolute atomic E-state index is 0.180. The first-order chi connectivity index (χ1) is 14.7. The third-order valence-corrected chi connectivity index (χ3v) is 6.22. The van der Waals surface area contributed by atoms with E-state index in [2.05, 4.69) is 5.32 Å². The number of carbonyl (C=O) groups excluding carboxylic acids is 2. The van der Waals surface area contributed by atoms with Crippen molar-refractivity contribution in [2.75, 3.05) is 7.11 Å². The van der Waals surface area contributed by atoms with Crippen molar-refractivity contribution in [2.24, 2.45) is 11.8 Å². The van der Waals surface area contributed by atoms with Crippen LogP contribution in [0.15, 0.2) is 24.3 Å². The monoisotopic (exact) mass is 431 g/mol. The Morgan fingerprint density at radius 1 is 1.16 bits per heavy atom. The summed E-state index contributed by atoms with van der Waals surface area (Å²) in [5, 5.41) is 3.03. The molecule has 31 heavy (non-hydrogen) atoms. The first kappa shape index (κ1) is 23.4. The molecule has 3 atom stereocenters. The molecule has 172 valence electrons. The Bertz CT molecular complexity index is 733. The molecule has 2 fully saturated rings. The zero-order chi connectivity index (χ0) is 22.4. The third-order valence-electron chi connectivity index (χ3n) is 6.22. The number of nitrogens with one attached hydrogen (secondary N) is 1. The van der Waals surface area contributed by atoms with Gasteiger partial charge in [0.2, 0.25) is 0 Å². The summed E-state index contributed by atoms with van der Waals surface area (Å²) in [7, 11) is 1.64. The minimum Gasteiger partial charge on any atom is -0.497 e. The molecule has 3 rings (SSSR count). The number of rotatable bonds is 7. The summed E-state index contributed by atoms with van der Waals surface area (Å²) < 4.78 is 16.5. The first-order valence-electron chi connectivity index (χ1n) is 11.6. The van der Waals surface area contributed by atoms with E-state index >= 15 is 0 Å². The molecule has 0 spiro atoms. The molecule has 0 radical (unpaired) electrons. The van der Waals surface area contributed by atoms with Crippen molar-refractivity contribution in [3.8, 4) is 5.75 Å². The number of hydrogen-bond donors (Lipinski definition) is 1. The lowest BCUT2D eigenvalue weighted by Gasteiger charge is -2.30. The van der Waals surface area contributed by atoms with Gasteiger partial charge in [0.05, 0.1) is 19.1 Å². The molecule has 1 saturated carbocycles. The van der Waals surface area contributed by atoms with Crippen LogP contribution in [0.5, 0.6) is 5.75 Å². The van der Waals surface area contributed by atoms with Gasteiger partial charge in [-0.15, -0.1) is 0 Å². The molecule has 6 nitrogen and oxygen atoms in total. The van der Waals surface area contributed by atoms with Gasteiger partial charge in [0.15, 0.2) is 0 Å². The van der Waals surface area contributed by atoms with E-state index in [4.69, 9.17) is 14.2 Å². The Kier molecular flexibility index (Phi) is 7.84. The number of cyclic esters (lactones) is 1. The first-order valence-corrected chi connectivity index (χ1v) is 11.6. The molecule has 1 aromatic carbocycles. The lowest BCUT2D eigenvalue weighted by atomic mass is 9.82. The van der Waals surface area contributed by atoms with E-state index in [1.54, 1.807) is 7.11 Å². The van der Waals surface area contributed by atoms with Crippen LogP contribution in [0.3, 0.4) is 0 Å². The van der Waals surface area contributed by atoms with E-state index in [0.717, 1.165) is 17.7 Å². The predicted molar refractivity (Wildman–Crippen MR) is 119 cm³/mol. The second kappa shape index (κ2) is 10.4. The summed E-state index contributed by atoms with van der Waals surface area (Å²) in [6.45, 7) is 5.55. The summed E-state index contributed by atoms with van der Waals surface area (Å²) in [6, 6.07) is 7.56. The van der Waals surface area contributed by atoms with Crippen LogP contribution >= 0.6 is 0 Å². The number of carbonyl (C=O) groups is 2. The summed E-state index contributed by atoms with van der Waals surface area (Å²) >= 11 is 0. The Morgan fingerprint density at radius 2 is 1.84 bits per heavy atom. The number of methoxy groups -OCH3 is 1. The highest BCUT2D eigenvalue weighted by atomic mass is 16.6. The number of hydrogen-bond acceptors (Lipinski definition) is 5. The van der Waals surface area contributed by atoms with Gasteiger partial charge in [-0.2, -0.15) is 0 Å². The Hall–Kier alpha value is -2.24. The molecule has 1 N–H and O–H groups in total. The van der Waals surface area contributed by atoms with Crippen molar-refractivity contribution < 1.29 is 23.8 Å². The molecule has 1 aliphatic carbocycles. The van der Waals surface area contributed by atoms with Crippen LogP contribution in [0.4, 0.5) is 4.79 Å². The van der Waals surface area contributed by atoms with Crippen LogP contribution < -0.4 is 10.1 Å². The fraction of sp³-hybridized carbons (Fsp3) is 0.680. The summed E-state index contributed by atoms with van der Waals surface area (Å²) in [6.07, 6.45) is 7.39. The SMILES string of the molecule is COc1ccc(C[C@@H]2C[C@@H]([C@H](CC3CCCCC3)NC(=O)OC(C)(C)C)OC2=O)cc1. The van der Waals surface area contributed by atoms with Gasteiger partial charge < -0.3 is 19.5 Å². The number of amides is 1. The molecule has 1 saturated heterocycles. The topological polar surface area (TPSA) is 73.9 Å². The van der Waals surface area contributed by atoms with E-state index in [1.807, 2.05) is 45.0 Å². The number of ether oxygens (including phenoxy) is 3. The van der Waals surface area contributed by atoms with E-state index in [1.165, 1.54) is 32.1 Å². The fourth-order valence-corrected chi connectivity index (χ4v) is 4.67. The lowest BCUT2D eigenvalue weighted by Crippen LogP contribution is -2.46. The maximum Gasteiger partial charge on any atom is 0.408 e. The summed E-state index contributed by atoms with van der Waals surface area (Å²) in [4.78, 5) is 25.1. The Labute approximate surface area is 186 Å². The molecule has 0 aromatic heterocycles. The van der Waals surface area contributed by atoms with Crippen molar-refractivity contribution in [3.05, 3.63) is 29.8 Å². The standard InChI is InChI=1S/C25H37NO5/c1-25(2,3)31-24(28)26-21(15-17-8-6-5-7-9-17)22-16-19(23(27)30-22)14-18-10-12-20(29-4)13-11-18/h10-13,17,19,21-22H,5-9,14-16H2,1-4H3,(H,26,28)/t19-,21+,22+/m1/s1. The van der Waals surface area contributed by atoms with Crippen LogP contribution in [0, 0.1) is 11.8 Å². The van der Waals surface area contributed by atoms with Crippen molar-refractivity contribution in [1.82, 2.24) is 5.32 Å². The van der Waals surface area contributed by atoms with E-state index in [9.17, 15) is 9.59 Å². The van der Waals surface area contributed by atoms with Gasteiger partial charge in [0.25, 0.3) is 0 Å². The third kappa shape index (κ3) is 7.15. The number of alkyl carbamates (subject to hydrolysis) is 1. The van der Waals surface area contributed by atoms with Gasteiger partial charge in [-0.25, -0.2) is 4.79 Å². The van der Waals surface area contributed by atoms with Crippen LogP contribution in [0.2, 0.25) is 0 Å². The van der Waals surface area contributed by atoms with Crippen molar-refractivity contribution >= 4 is 12.1 Å². The maximum atomic E-state index is 12.6. The van der Waals surface area contributed by atoms with E-state index in [-0.39, 0.29) is 24.0 Å².